The lowest BCUT2D eigenvalue weighted by molar-refractivity contribution is -0.137. The Labute approximate surface area is 102 Å². The van der Waals surface area contributed by atoms with Crippen LogP contribution in [0.25, 0.3) is 0 Å². The van der Waals surface area contributed by atoms with Crippen LogP contribution in [0.15, 0.2) is 0 Å². The van der Waals surface area contributed by atoms with E-state index in [1.54, 1.807) is 7.05 Å². The molecule has 0 aliphatic carbocycles. The summed E-state index contributed by atoms with van der Waals surface area (Å²) in [5.41, 5.74) is 0. The third-order valence-corrected chi connectivity index (χ3v) is 1.98. The van der Waals surface area contributed by atoms with Gasteiger partial charge in [-0.3, -0.25) is 4.79 Å². The number of carbonyl (C=O) groups excluding carboxylic acids is 1. The van der Waals surface area contributed by atoms with Gasteiger partial charge in [-0.25, -0.2) is 4.79 Å². The number of carbonyl (C=O) groups is 2. The second-order valence-electron chi connectivity index (χ2n) is 4.27. The van der Waals surface area contributed by atoms with Crippen LogP contribution in [0.1, 0.15) is 20.3 Å². The predicted octanol–water partition coefficient (Wildman–Crippen LogP) is 0.775. The van der Waals surface area contributed by atoms with Gasteiger partial charge in [-0.15, -0.1) is 0 Å². The number of urea groups is 1. The molecular weight excluding hydrogens is 224 g/mol. The minimum Gasteiger partial charge on any atom is -0.481 e. The molecule has 0 spiro atoms. The summed E-state index contributed by atoms with van der Waals surface area (Å²) in [5, 5.41) is 11.1. The lowest BCUT2D eigenvalue weighted by atomic mass is 10.2. The molecule has 0 aliphatic heterocycles. The van der Waals surface area contributed by atoms with Crippen LogP contribution in [-0.4, -0.2) is 55.4 Å². The maximum atomic E-state index is 11.4. The lowest BCUT2D eigenvalue weighted by Gasteiger charge is -2.17. The van der Waals surface area contributed by atoms with Crippen LogP contribution < -0.4 is 5.32 Å². The molecule has 2 N–H and O–H groups in total. The normalized spacial score (nSPS) is 10.4. The van der Waals surface area contributed by atoms with Crippen molar-refractivity contribution in [1.82, 2.24) is 10.2 Å². The van der Waals surface area contributed by atoms with E-state index in [1.807, 2.05) is 0 Å². The van der Waals surface area contributed by atoms with Gasteiger partial charge in [0.15, 0.2) is 0 Å². The van der Waals surface area contributed by atoms with Gasteiger partial charge in [-0.1, -0.05) is 13.8 Å². The number of carboxylic acid groups (broad SMARTS) is 1. The van der Waals surface area contributed by atoms with E-state index in [2.05, 4.69) is 19.2 Å². The molecule has 0 rings (SSSR count). The van der Waals surface area contributed by atoms with Crippen LogP contribution >= 0.6 is 0 Å². The Morgan fingerprint density at radius 1 is 1.41 bits per heavy atom. The minimum absolute atomic E-state index is 0.0478. The van der Waals surface area contributed by atoms with E-state index in [-0.39, 0.29) is 19.0 Å². The van der Waals surface area contributed by atoms with Gasteiger partial charge in [0, 0.05) is 26.7 Å². The third-order valence-electron chi connectivity index (χ3n) is 1.98. The molecule has 0 aromatic carbocycles. The van der Waals surface area contributed by atoms with Crippen molar-refractivity contribution in [2.75, 3.05) is 33.4 Å². The van der Waals surface area contributed by atoms with E-state index in [9.17, 15) is 9.59 Å². The molecule has 6 nitrogen and oxygen atoms in total. The van der Waals surface area contributed by atoms with Crippen LogP contribution in [0, 0.1) is 5.92 Å². The van der Waals surface area contributed by atoms with Crippen molar-refractivity contribution in [2.45, 2.75) is 20.3 Å². The largest absolute Gasteiger partial charge is 0.481 e. The summed E-state index contributed by atoms with van der Waals surface area (Å²) >= 11 is 0. The Hall–Kier alpha value is -1.30. The van der Waals surface area contributed by atoms with Crippen LogP contribution in [0.3, 0.4) is 0 Å². The zero-order valence-corrected chi connectivity index (χ0v) is 10.7. The number of ether oxygens (including phenoxy) is 1. The zero-order chi connectivity index (χ0) is 13.3. The van der Waals surface area contributed by atoms with Crippen molar-refractivity contribution < 1.29 is 19.4 Å². The minimum atomic E-state index is -0.912. The van der Waals surface area contributed by atoms with Crippen LogP contribution in [0.5, 0.6) is 0 Å². The molecule has 0 radical (unpaired) electrons. The van der Waals surface area contributed by atoms with Crippen molar-refractivity contribution >= 4 is 12.0 Å². The van der Waals surface area contributed by atoms with Gasteiger partial charge in [0.25, 0.3) is 0 Å². The van der Waals surface area contributed by atoms with Crippen LogP contribution in [0.4, 0.5) is 4.79 Å². The maximum absolute atomic E-state index is 11.4. The molecule has 2 amide bonds. The van der Waals surface area contributed by atoms with E-state index < -0.39 is 5.97 Å². The Balaban J connectivity index is 3.53. The number of carboxylic acids is 1. The van der Waals surface area contributed by atoms with Crippen LogP contribution in [0.2, 0.25) is 0 Å². The second-order valence-corrected chi connectivity index (χ2v) is 4.27. The summed E-state index contributed by atoms with van der Waals surface area (Å²) in [7, 11) is 1.56. The SMILES string of the molecule is CC(C)COCCNC(=O)N(C)CCC(=O)O. The highest BCUT2D eigenvalue weighted by Crippen LogP contribution is 1.92. The smallest absolute Gasteiger partial charge is 0.317 e. The lowest BCUT2D eigenvalue weighted by Crippen LogP contribution is -2.39. The van der Waals surface area contributed by atoms with Gasteiger partial charge in [-0.2, -0.15) is 0 Å². The Bertz CT molecular complexity index is 244. The molecule has 0 aromatic rings. The topological polar surface area (TPSA) is 78.9 Å². The molecule has 0 saturated carbocycles. The Morgan fingerprint density at radius 2 is 2.06 bits per heavy atom. The average Bonchev–Trinajstić information content (AvgIpc) is 2.24. The van der Waals surface area contributed by atoms with Crippen molar-refractivity contribution in [3.63, 3.8) is 0 Å². The Kier molecular flexibility index (Phi) is 8.13. The molecule has 100 valence electrons. The van der Waals surface area contributed by atoms with Crippen molar-refractivity contribution in [3.05, 3.63) is 0 Å². The fourth-order valence-corrected chi connectivity index (χ4v) is 1.05. The Morgan fingerprint density at radius 3 is 2.59 bits per heavy atom. The number of hydrogen-bond donors (Lipinski definition) is 2. The van der Waals surface area contributed by atoms with E-state index in [1.165, 1.54) is 4.90 Å². The van der Waals surface area contributed by atoms with Crippen molar-refractivity contribution in [2.24, 2.45) is 5.92 Å². The van der Waals surface area contributed by atoms with E-state index in [0.717, 1.165) is 0 Å². The first-order valence-corrected chi connectivity index (χ1v) is 5.72. The molecule has 0 aromatic heterocycles. The number of amides is 2. The molecule has 0 fully saturated rings. The summed E-state index contributed by atoms with van der Waals surface area (Å²) < 4.78 is 5.30. The first kappa shape index (κ1) is 15.7. The fraction of sp³-hybridized carbons (Fsp3) is 0.818. The van der Waals surface area contributed by atoms with Gasteiger partial charge in [0.2, 0.25) is 0 Å². The van der Waals surface area contributed by atoms with Gasteiger partial charge in [-0.05, 0) is 5.92 Å². The van der Waals surface area contributed by atoms with Gasteiger partial charge in [0.1, 0.15) is 0 Å². The maximum Gasteiger partial charge on any atom is 0.317 e. The zero-order valence-electron chi connectivity index (χ0n) is 10.7. The number of hydrogen-bond acceptors (Lipinski definition) is 3. The van der Waals surface area contributed by atoms with Crippen molar-refractivity contribution in [1.29, 1.82) is 0 Å². The van der Waals surface area contributed by atoms with Gasteiger partial charge in [0.05, 0.1) is 13.0 Å². The molecule has 0 unspecified atom stereocenters. The molecule has 0 bridgehead atoms. The molecular formula is C11H22N2O4. The second kappa shape index (κ2) is 8.81. The molecule has 0 atom stereocenters. The number of rotatable bonds is 8. The average molecular weight is 246 g/mol. The fourth-order valence-electron chi connectivity index (χ4n) is 1.05. The highest BCUT2D eigenvalue weighted by atomic mass is 16.5. The third kappa shape index (κ3) is 9.62. The van der Waals surface area contributed by atoms with Crippen molar-refractivity contribution in [3.8, 4) is 0 Å². The molecule has 17 heavy (non-hydrogen) atoms. The predicted molar refractivity (Wildman–Crippen MR) is 63.9 cm³/mol. The molecule has 0 aliphatic rings. The highest BCUT2D eigenvalue weighted by Gasteiger charge is 2.08. The molecule has 6 heteroatoms. The summed E-state index contributed by atoms with van der Waals surface area (Å²) in [6.45, 7) is 5.88. The first-order chi connectivity index (χ1) is 7.93. The summed E-state index contributed by atoms with van der Waals surface area (Å²) in [4.78, 5) is 23.1. The van der Waals surface area contributed by atoms with E-state index in [0.29, 0.717) is 25.7 Å². The monoisotopic (exact) mass is 246 g/mol. The molecule has 0 saturated heterocycles. The van der Waals surface area contributed by atoms with E-state index >= 15 is 0 Å². The first-order valence-electron chi connectivity index (χ1n) is 5.72. The number of aliphatic carboxylic acids is 1. The quantitative estimate of drug-likeness (QED) is 0.620. The summed E-state index contributed by atoms with van der Waals surface area (Å²) in [6, 6.07) is -0.278. The van der Waals surface area contributed by atoms with Gasteiger partial charge < -0.3 is 20.1 Å². The summed E-state index contributed by atoms with van der Waals surface area (Å²) in [5.74, 6) is -0.436. The molecule has 0 heterocycles. The van der Waals surface area contributed by atoms with Crippen LogP contribution in [-0.2, 0) is 9.53 Å². The summed E-state index contributed by atoms with van der Waals surface area (Å²) in [6.07, 6.45) is -0.0478. The number of nitrogens with zero attached hydrogens (tertiary/aromatic N) is 1. The van der Waals surface area contributed by atoms with E-state index in [4.69, 9.17) is 9.84 Å². The standard InChI is InChI=1S/C11H22N2O4/c1-9(2)8-17-7-5-12-11(16)13(3)6-4-10(14)15/h9H,4-8H2,1-3H3,(H,12,16)(H,14,15). The number of nitrogens with one attached hydrogen (secondary N) is 1. The highest BCUT2D eigenvalue weighted by molar-refractivity contribution is 5.74. The van der Waals surface area contributed by atoms with Gasteiger partial charge >= 0.3 is 12.0 Å².